The Morgan fingerprint density at radius 2 is 1.69 bits per heavy atom. The number of aromatic nitrogens is 2. The second-order valence-electron chi connectivity index (χ2n) is 5.43. The second-order valence-corrected chi connectivity index (χ2v) is 6.10. The summed E-state index contributed by atoms with van der Waals surface area (Å²) in [7, 11) is 1.90. The molecule has 0 saturated heterocycles. The molecule has 1 heterocycles. The molecule has 1 atom stereocenters. The van der Waals surface area contributed by atoms with E-state index in [9.17, 15) is 8.76 Å². The molecule has 0 aliphatic rings. The van der Waals surface area contributed by atoms with Crippen LogP contribution in [0.15, 0.2) is 60.8 Å². The van der Waals surface area contributed by atoms with Crippen molar-refractivity contribution in [3.63, 3.8) is 0 Å². The molecule has 0 fully saturated rings. The Bertz CT molecular complexity index is 902. The molecule has 8 nitrogen and oxygen atoms in total. The minimum Gasteiger partial charge on any atom is -0.755 e. The Morgan fingerprint density at radius 3 is 2.35 bits per heavy atom. The molecule has 3 aromatic rings. The average molecular weight is 369 g/mol. The van der Waals surface area contributed by atoms with Crippen LogP contribution in [0.3, 0.4) is 0 Å². The number of anilines is 6. The number of nitrogen functional groups attached to an aromatic ring is 1. The summed E-state index contributed by atoms with van der Waals surface area (Å²) in [5.74, 6) is 1.14. The fourth-order valence-corrected chi connectivity index (χ4v) is 2.60. The van der Waals surface area contributed by atoms with Crippen LogP contribution >= 0.6 is 0 Å². The number of nitrogens with zero attached hydrogens (tertiary/aromatic N) is 3. The molecule has 4 N–H and O–H groups in total. The highest BCUT2D eigenvalue weighted by molar-refractivity contribution is 7.80. The first kappa shape index (κ1) is 17.6. The van der Waals surface area contributed by atoms with Crippen LogP contribution in [-0.2, 0) is 11.3 Å². The Morgan fingerprint density at radius 1 is 1.04 bits per heavy atom. The van der Waals surface area contributed by atoms with Crippen LogP contribution in [0.5, 0.6) is 0 Å². The first-order chi connectivity index (χ1) is 12.5. The Labute approximate surface area is 153 Å². The molecule has 0 aliphatic carbocycles. The molecule has 26 heavy (non-hydrogen) atoms. The van der Waals surface area contributed by atoms with Crippen LogP contribution in [0, 0.1) is 0 Å². The van der Waals surface area contributed by atoms with Gasteiger partial charge in [-0.1, -0.05) is 0 Å². The molecular weight excluding hydrogens is 352 g/mol. The van der Waals surface area contributed by atoms with E-state index in [0.717, 1.165) is 11.4 Å². The molecule has 9 heteroatoms. The van der Waals surface area contributed by atoms with Crippen molar-refractivity contribution in [2.24, 2.45) is 0 Å². The van der Waals surface area contributed by atoms with Crippen molar-refractivity contribution in [3.8, 4) is 0 Å². The summed E-state index contributed by atoms with van der Waals surface area (Å²) in [6.07, 6.45) is 1.66. The summed E-state index contributed by atoms with van der Waals surface area (Å²) in [5, 5.41) is 3.09. The van der Waals surface area contributed by atoms with Crippen molar-refractivity contribution >= 4 is 45.8 Å². The fraction of sp³-hybridized carbons (Fsp3) is 0.0588. The van der Waals surface area contributed by atoms with Crippen molar-refractivity contribution in [3.05, 3.63) is 60.8 Å². The monoisotopic (exact) mass is 369 g/mol. The van der Waals surface area contributed by atoms with Gasteiger partial charge in [-0.25, -0.2) is 4.98 Å². The van der Waals surface area contributed by atoms with Crippen molar-refractivity contribution in [1.29, 1.82) is 0 Å². The first-order valence-corrected chi connectivity index (χ1v) is 8.74. The highest BCUT2D eigenvalue weighted by Gasteiger charge is 2.07. The highest BCUT2D eigenvalue weighted by Crippen LogP contribution is 2.24. The predicted molar refractivity (Wildman–Crippen MR) is 103 cm³/mol. The average Bonchev–Trinajstić information content (AvgIpc) is 2.63. The van der Waals surface area contributed by atoms with Gasteiger partial charge in [0.05, 0.1) is 0 Å². The molecule has 0 amide bonds. The van der Waals surface area contributed by atoms with E-state index in [1.807, 2.05) is 36.2 Å². The van der Waals surface area contributed by atoms with E-state index in [2.05, 4.69) is 20.0 Å². The standard InChI is InChI=1S/C17H18N6O2S/c1-23(15-8-2-12(18)3-9-15)16-10-11-19-17(21-16)20-13-4-6-14(7-5-13)22-26(24)25/h2-11,22H,18H2,1H3,(H,24,25)(H,19,20,21)/p-1. The topological polar surface area (TPSA) is 119 Å². The molecule has 0 bridgehead atoms. The number of hydrogen-bond acceptors (Lipinski definition) is 7. The van der Waals surface area contributed by atoms with Crippen LogP contribution in [-0.4, -0.2) is 25.8 Å². The number of benzene rings is 2. The van der Waals surface area contributed by atoms with Gasteiger partial charge in [0.25, 0.3) is 0 Å². The van der Waals surface area contributed by atoms with Gasteiger partial charge in [0.15, 0.2) is 0 Å². The maximum absolute atomic E-state index is 10.6. The highest BCUT2D eigenvalue weighted by atomic mass is 32.2. The van der Waals surface area contributed by atoms with E-state index in [-0.39, 0.29) is 0 Å². The fourth-order valence-electron chi connectivity index (χ4n) is 2.27. The van der Waals surface area contributed by atoms with Gasteiger partial charge < -0.3 is 25.2 Å². The van der Waals surface area contributed by atoms with Gasteiger partial charge >= 0.3 is 0 Å². The molecule has 1 aromatic heterocycles. The maximum atomic E-state index is 10.6. The van der Waals surface area contributed by atoms with Gasteiger partial charge in [-0.3, -0.25) is 4.21 Å². The molecule has 0 saturated carbocycles. The summed E-state index contributed by atoms with van der Waals surface area (Å²) in [6.45, 7) is 0. The Balaban J connectivity index is 1.74. The summed E-state index contributed by atoms with van der Waals surface area (Å²) in [4.78, 5) is 10.6. The summed E-state index contributed by atoms with van der Waals surface area (Å²) >= 11 is -2.35. The largest absolute Gasteiger partial charge is 0.755 e. The van der Waals surface area contributed by atoms with Gasteiger partial charge in [-0.2, -0.15) is 4.98 Å². The van der Waals surface area contributed by atoms with Gasteiger partial charge in [0.1, 0.15) is 5.82 Å². The predicted octanol–water partition coefficient (Wildman–Crippen LogP) is 2.78. The Hall–Kier alpha value is -3.17. The quantitative estimate of drug-likeness (QED) is 0.451. The lowest BCUT2D eigenvalue weighted by atomic mass is 10.2. The molecule has 0 spiro atoms. The lowest BCUT2D eigenvalue weighted by Crippen LogP contribution is -2.12. The first-order valence-electron chi connectivity index (χ1n) is 7.66. The summed E-state index contributed by atoms with van der Waals surface area (Å²) in [5.41, 5.74) is 8.58. The number of hydrogen-bond donors (Lipinski definition) is 3. The molecule has 134 valence electrons. The van der Waals surface area contributed by atoms with Crippen LogP contribution < -0.4 is 20.7 Å². The van der Waals surface area contributed by atoms with E-state index in [1.54, 1.807) is 36.5 Å². The molecule has 0 radical (unpaired) electrons. The SMILES string of the molecule is CN(c1ccc(N)cc1)c1ccnc(Nc2ccc(NS(=O)[O-])cc2)n1. The minimum absolute atomic E-state index is 0.429. The number of nitrogens with two attached hydrogens (primary N) is 1. The van der Waals surface area contributed by atoms with Gasteiger partial charge in [0.2, 0.25) is 5.95 Å². The van der Waals surface area contributed by atoms with Crippen LogP contribution in [0.25, 0.3) is 0 Å². The smallest absolute Gasteiger partial charge is 0.229 e. The third-order valence-electron chi connectivity index (χ3n) is 3.61. The van der Waals surface area contributed by atoms with Crippen molar-refractivity contribution < 1.29 is 8.76 Å². The maximum Gasteiger partial charge on any atom is 0.229 e. The van der Waals surface area contributed by atoms with Crippen LogP contribution in [0.2, 0.25) is 0 Å². The number of rotatable bonds is 6. The normalized spacial score (nSPS) is 11.6. The van der Waals surface area contributed by atoms with Gasteiger partial charge in [-0.05, 0) is 54.6 Å². The van der Waals surface area contributed by atoms with E-state index in [4.69, 9.17) is 5.73 Å². The second kappa shape index (κ2) is 7.81. The lowest BCUT2D eigenvalue weighted by Gasteiger charge is -2.19. The number of nitrogens with one attached hydrogen (secondary N) is 2. The third kappa shape index (κ3) is 4.47. The molecule has 1 unspecified atom stereocenters. The van der Waals surface area contributed by atoms with Gasteiger partial charge in [0, 0.05) is 47.3 Å². The zero-order valence-electron chi connectivity index (χ0n) is 13.9. The zero-order chi connectivity index (χ0) is 18.5. The van der Waals surface area contributed by atoms with E-state index >= 15 is 0 Å². The van der Waals surface area contributed by atoms with Crippen molar-refractivity contribution in [2.45, 2.75) is 0 Å². The summed E-state index contributed by atoms with van der Waals surface area (Å²) in [6, 6.07) is 16.0. The Kier molecular flexibility index (Phi) is 5.30. The van der Waals surface area contributed by atoms with Crippen LogP contribution in [0.1, 0.15) is 0 Å². The van der Waals surface area contributed by atoms with E-state index in [0.29, 0.717) is 23.1 Å². The molecule has 0 aliphatic heterocycles. The van der Waals surface area contributed by atoms with E-state index < -0.39 is 11.3 Å². The summed E-state index contributed by atoms with van der Waals surface area (Å²) < 4.78 is 23.5. The van der Waals surface area contributed by atoms with Gasteiger partial charge in [-0.15, -0.1) is 0 Å². The minimum atomic E-state index is -2.35. The molecular formula is C17H17N6O2S-. The third-order valence-corrected chi connectivity index (χ3v) is 4.01. The van der Waals surface area contributed by atoms with Crippen LogP contribution in [0.4, 0.5) is 34.5 Å². The van der Waals surface area contributed by atoms with Crippen molar-refractivity contribution in [1.82, 2.24) is 9.97 Å². The zero-order valence-corrected chi connectivity index (χ0v) is 14.7. The van der Waals surface area contributed by atoms with E-state index in [1.165, 1.54) is 0 Å². The molecule has 2 aromatic carbocycles. The van der Waals surface area contributed by atoms with Crippen molar-refractivity contribution in [2.75, 3.05) is 27.7 Å². The lowest BCUT2D eigenvalue weighted by molar-refractivity contribution is 0.542. The molecule has 3 rings (SSSR count).